The molecule has 0 aliphatic rings. The van der Waals surface area contributed by atoms with E-state index >= 15 is 0 Å². The van der Waals surface area contributed by atoms with Crippen molar-refractivity contribution in [2.24, 2.45) is 0 Å². The van der Waals surface area contributed by atoms with Gasteiger partial charge in [0.15, 0.2) is 0 Å². The van der Waals surface area contributed by atoms with Crippen LogP contribution in [-0.2, 0) is 0 Å². The normalized spacial score (nSPS) is 11.2. The minimum atomic E-state index is 1.09. The van der Waals surface area contributed by atoms with Crippen LogP contribution >= 0.6 is 0 Å². The predicted octanol–water partition coefficient (Wildman–Crippen LogP) is 15.8. The monoisotopic (exact) mass is 725 g/mol. The summed E-state index contributed by atoms with van der Waals surface area (Å²) >= 11 is 0. The Labute approximate surface area is 334 Å². The molecule has 0 saturated heterocycles. The maximum Gasteiger partial charge on any atom is 0.0540 e. The van der Waals surface area contributed by atoms with Crippen LogP contribution in [0, 0.1) is 0 Å². The van der Waals surface area contributed by atoms with E-state index in [1.807, 2.05) is 0 Å². The first-order chi connectivity index (χ1) is 28.3. The maximum atomic E-state index is 2.41. The second kappa shape index (κ2) is 15.0. The Bertz CT molecular complexity index is 2990. The van der Waals surface area contributed by atoms with Crippen LogP contribution in [0.5, 0.6) is 0 Å². The van der Waals surface area contributed by atoms with E-state index < -0.39 is 0 Å². The molecule has 10 aromatic carbocycles. The van der Waals surface area contributed by atoms with Crippen molar-refractivity contribution in [3.63, 3.8) is 0 Å². The Balaban J connectivity index is 1.08. The lowest BCUT2D eigenvalue weighted by Crippen LogP contribution is -2.11. The lowest BCUT2D eigenvalue weighted by atomic mass is 9.88. The average molecular weight is 726 g/mol. The van der Waals surface area contributed by atoms with Gasteiger partial charge in [0.25, 0.3) is 0 Å². The molecule has 1 nitrogen and oxygen atoms in total. The molecule has 0 atom stereocenters. The van der Waals surface area contributed by atoms with E-state index in [0.29, 0.717) is 0 Å². The molecule has 0 unspecified atom stereocenters. The summed E-state index contributed by atoms with van der Waals surface area (Å²) in [6.45, 7) is 0. The van der Waals surface area contributed by atoms with Crippen molar-refractivity contribution in [3.05, 3.63) is 237 Å². The minimum absolute atomic E-state index is 1.09. The lowest BCUT2D eigenvalue weighted by Gasteiger charge is -2.29. The fourth-order valence-electron chi connectivity index (χ4n) is 8.30. The highest BCUT2D eigenvalue weighted by molar-refractivity contribution is 5.99. The van der Waals surface area contributed by atoms with Crippen molar-refractivity contribution in [3.8, 4) is 55.6 Å². The molecule has 0 amide bonds. The first-order valence-electron chi connectivity index (χ1n) is 19.6. The zero-order valence-corrected chi connectivity index (χ0v) is 31.5. The number of fused-ring (bicyclic) bond motifs is 2. The van der Waals surface area contributed by atoms with E-state index in [0.717, 1.165) is 22.6 Å². The van der Waals surface area contributed by atoms with E-state index in [9.17, 15) is 0 Å². The second-order valence-corrected chi connectivity index (χ2v) is 14.5. The molecule has 57 heavy (non-hydrogen) atoms. The number of para-hydroxylation sites is 1. The zero-order valence-electron chi connectivity index (χ0n) is 31.5. The third kappa shape index (κ3) is 6.56. The van der Waals surface area contributed by atoms with Crippen molar-refractivity contribution in [1.29, 1.82) is 0 Å². The van der Waals surface area contributed by atoms with Gasteiger partial charge in [0.05, 0.1) is 5.69 Å². The summed E-state index contributed by atoms with van der Waals surface area (Å²) in [7, 11) is 0. The summed E-state index contributed by atoms with van der Waals surface area (Å²) < 4.78 is 0. The molecule has 0 N–H and O–H groups in total. The first kappa shape index (κ1) is 34.0. The minimum Gasteiger partial charge on any atom is -0.310 e. The summed E-state index contributed by atoms with van der Waals surface area (Å²) in [6, 6.07) is 85.6. The average Bonchev–Trinajstić information content (AvgIpc) is 3.30. The fraction of sp³-hybridized carbons (Fsp3) is 0. The highest BCUT2D eigenvalue weighted by atomic mass is 15.1. The molecule has 0 fully saturated rings. The van der Waals surface area contributed by atoms with E-state index in [1.54, 1.807) is 0 Å². The summed E-state index contributed by atoms with van der Waals surface area (Å²) in [4.78, 5) is 2.41. The van der Waals surface area contributed by atoms with Crippen LogP contribution in [0.25, 0.3) is 77.2 Å². The van der Waals surface area contributed by atoms with Gasteiger partial charge >= 0.3 is 0 Å². The van der Waals surface area contributed by atoms with Gasteiger partial charge in [-0.3, -0.25) is 0 Å². The van der Waals surface area contributed by atoms with Gasteiger partial charge in [0.1, 0.15) is 0 Å². The van der Waals surface area contributed by atoms with Crippen LogP contribution in [0.4, 0.5) is 17.1 Å². The number of hydrogen-bond donors (Lipinski definition) is 0. The second-order valence-electron chi connectivity index (χ2n) is 14.5. The molecule has 0 heterocycles. The molecule has 10 rings (SSSR count). The molecule has 0 aliphatic heterocycles. The van der Waals surface area contributed by atoms with Crippen LogP contribution in [-0.4, -0.2) is 0 Å². The predicted molar refractivity (Wildman–Crippen MR) is 243 cm³/mol. The van der Waals surface area contributed by atoms with Crippen LogP contribution in [0.3, 0.4) is 0 Å². The summed E-state index contributed by atoms with van der Waals surface area (Å²) in [5, 5.41) is 4.96. The number of hydrogen-bond acceptors (Lipinski definition) is 1. The molecule has 1 heteroatoms. The van der Waals surface area contributed by atoms with E-state index in [-0.39, 0.29) is 0 Å². The van der Waals surface area contributed by atoms with E-state index in [1.165, 1.54) is 71.6 Å². The summed E-state index contributed by atoms with van der Waals surface area (Å²) in [5.41, 5.74) is 15.3. The third-order valence-corrected chi connectivity index (χ3v) is 11.1. The van der Waals surface area contributed by atoms with Crippen molar-refractivity contribution >= 4 is 38.6 Å². The van der Waals surface area contributed by atoms with Crippen LogP contribution < -0.4 is 4.90 Å². The summed E-state index contributed by atoms with van der Waals surface area (Å²) in [5.74, 6) is 0. The Kier molecular flexibility index (Phi) is 8.95. The third-order valence-electron chi connectivity index (χ3n) is 11.1. The highest BCUT2D eigenvalue weighted by Gasteiger charge is 2.20. The number of anilines is 3. The fourth-order valence-corrected chi connectivity index (χ4v) is 8.30. The molecule has 0 aromatic heterocycles. The van der Waals surface area contributed by atoms with E-state index in [2.05, 4.69) is 241 Å². The van der Waals surface area contributed by atoms with Crippen LogP contribution in [0.2, 0.25) is 0 Å². The van der Waals surface area contributed by atoms with Gasteiger partial charge in [0.2, 0.25) is 0 Å². The quantitative estimate of drug-likeness (QED) is 0.151. The maximum absolute atomic E-state index is 2.41. The van der Waals surface area contributed by atoms with Gasteiger partial charge in [-0.15, -0.1) is 0 Å². The lowest BCUT2D eigenvalue weighted by molar-refractivity contribution is 1.29. The Morgan fingerprint density at radius 2 is 0.684 bits per heavy atom. The Morgan fingerprint density at radius 1 is 0.228 bits per heavy atom. The van der Waals surface area contributed by atoms with Gasteiger partial charge in [-0.2, -0.15) is 0 Å². The first-order valence-corrected chi connectivity index (χ1v) is 19.6. The number of rotatable bonds is 8. The molecule has 0 saturated carbocycles. The van der Waals surface area contributed by atoms with Gasteiger partial charge in [-0.1, -0.05) is 206 Å². The molecular weight excluding hydrogens is 687 g/mol. The zero-order chi connectivity index (χ0) is 38.0. The van der Waals surface area contributed by atoms with E-state index in [4.69, 9.17) is 0 Å². The topological polar surface area (TPSA) is 3.24 Å². The van der Waals surface area contributed by atoms with Gasteiger partial charge in [-0.05, 0) is 102 Å². The largest absolute Gasteiger partial charge is 0.310 e. The Hall–Kier alpha value is -7.48. The van der Waals surface area contributed by atoms with Crippen molar-refractivity contribution < 1.29 is 0 Å². The van der Waals surface area contributed by atoms with Crippen molar-refractivity contribution in [1.82, 2.24) is 0 Å². The number of nitrogens with zero attached hydrogens (tertiary/aromatic N) is 1. The van der Waals surface area contributed by atoms with Gasteiger partial charge < -0.3 is 4.90 Å². The van der Waals surface area contributed by atoms with Gasteiger partial charge in [-0.25, -0.2) is 0 Å². The smallest absolute Gasteiger partial charge is 0.0540 e. The standard InChI is InChI=1S/C56H39N/c1-2-16-43(17-3-1)51-22-8-9-23-52(51)53-24-10-11-25-54(53)55-26-12-13-28-56(55)57(48-38-35-40-15-4-5-19-46(40)39-48)47-36-33-42(34-37-47)41-29-31-45(32-30-41)50-27-14-20-44-18-6-7-21-49(44)50/h1-39H. The molecule has 10 aromatic rings. The molecule has 0 radical (unpaired) electrons. The molecular formula is C56H39N. The van der Waals surface area contributed by atoms with Crippen molar-refractivity contribution in [2.75, 3.05) is 4.90 Å². The molecule has 0 bridgehead atoms. The van der Waals surface area contributed by atoms with Crippen molar-refractivity contribution in [2.45, 2.75) is 0 Å². The molecule has 0 spiro atoms. The van der Waals surface area contributed by atoms with Crippen LogP contribution in [0.15, 0.2) is 237 Å². The Morgan fingerprint density at radius 3 is 1.42 bits per heavy atom. The summed E-state index contributed by atoms with van der Waals surface area (Å²) in [6.07, 6.45) is 0. The number of benzene rings is 10. The van der Waals surface area contributed by atoms with Gasteiger partial charge in [0, 0.05) is 16.9 Å². The van der Waals surface area contributed by atoms with Crippen LogP contribution in [0.1, 0.15) is 0 Å². The molecule has 0 aliphatic carbocycles. The SMILES string of the molecule is c1ccc(-c2ccccc2-c2ccccc2-c2ccccc2N(c2ccc(-c3ccc(-c4cccc5ccccc45)cc3)cc2)c2ccc3ccccc3c2)cc1. The highest BCUT2D eigenvalue weighted by Crippen LogP contribution is 2.46. The molecule has 268 valence electrons.